The number of hydrogen-bond acceptors (Lipinski definition) is 4. The van der Waals surface area contributed by atoms with E-state index >= 15 is 0 Å². The van der Waals surface area contributed by atoms with Crippen LogP contribution in [0.5, 0.6) is 0 Å². The Balaban J connectivity index is 1.72. The van der Waals surface area contributed by atoms with Crippen molar-refractivity contribution < 1.29 is 18.0 Å². The maximum atomic E-state index is 12.1. The zero-order valence-electron chi connectivity index (χ0n) is 13.2. The molecule has 3 rings (SSSR count). The van der Waals surface area contributed by atoms with Gasteiger partial charge in [-0.1, -0.05) is 11.6 Å². The number of aromatic nitrogens is 3. The predicted octanol–water partition coefficient (Wildman–Crippen LogP) is 3.37. The summed E-state index contributed by atoms with van der Waals surface area (Å²) in [6.45, 7) is -1.67. The minimum Gasteiger partial charge on any atom is -0.375 e. The first kappa shape index (κ1) is 18.0. The smallest absolute Gasteiger partial charge is 0.375 e. The largest absolute Gasteiger partial charge is 0.405 e. The zero-order valence-corrected chi connectivity index (χ0v) is 13.9. The van der Waals surface area contributed by atoms with E-state index in [4.69, 9.17) is 11.6 Å². The van der Waals surface area contributed by atoms with Gasteiger partial charge in [0.15, 0.2) is 0 Å². The second kappa shape index (κ2) is 7.20. The van der Waals surface area contributed by atoms with Crippen molar-refractivity contribution in [2.45, 2.75) is 6.18 Å². The minimum absolute atomic E-state index is 0.303. The van der Waals surface area contributed by atoms with Crippen LogP contribution in [0, 0.1) is 0 Å². The first-order valence-electron chi connectivity index (χ1n) is 7.47. The van der Waals surface area contributed by atoms with Crippen LogP contribution in [0.15, 0.2) is 36.9 Å². The number of H-pyrrole nitrogens is 1. The first-order valence-corrected chi connectivity index (χ1v) is 7.85. The molecule has 0 aromatic carbocycles. The van der Waals surface area contributed by atoms with E-state index in [1.807, 2.05) is 0 Å². The molecule has 0 atom stereocenters. The van der Waals surface area contributed by atoms with E-state index in [9.17, 15) is 18.0 Å². The van der Waals surface area contributed by atoms with Crippen LogP contribution in [0.4, 0.5) is 18.9 Å². The molecule has 0 radical (unpaired) electrons. The average Bonchev–Trinajstić information content (AvgIpc) is 3.01. The topological polar surface area (TPSA) is 82.7 Å². The number of halogens is 4. The Hall–Kier alpha value is -2.81. The number of pyridine rings is 2. The van der Waals surface area contributed by atoms with Crippen LogP contribution in [0.1, 0.15) is 0 Å². The molecular weight excluding hydrogens is 371 g/mol. The Kier molecular flexibility index (Phi) is 4.99. The lowest BCUT2D eigenvalue weighted by Crippen LogP contribution is -2.37. The second-order valence-corrected chi connectivity index (χ2v) is 5.90. The van der Waals surface area contributed by atoms with Crippen LogP contribution in [-0.4, -0.2) is 40.1 Å². The van der Waals surface area contributed by atoms with E-state index in [0.29, 0.717) is 16.4 Å². The first-order chi connectivity index (χ1) is 12.3. The minimum atomic E-state index is -4.44. The highest BCUT2D eigenvalue weighted by atomic mass is 35.5. The summed E-state index contributed by atoms with van der Waals surface area (Å²) in [6, 6.07) is 3.49. The maximum absolute atomic E-state index is 12.1. The molecule has 0 saturated heterocycles. The van der Waals surface area contributed by atoms with Crippen LogP contribution in [0.2, 0.25) is 5.02 Å². The summed E-state index contributed by atoms with van der Waals surface area (Å²) in [5.74, 6) is -0.768. The Morgan fingerprint density at radius 3 is 2.81 bits per heavy atom. The van der Waals surface area contributed by atoms with Crippen LogP contribution >= 0.6 is 11.6 Å². The van der Waals surface area contributed by atoms with E-state index in [1.165, 1.54) is 12.4 Å². The van der Waals surface area contributed by atoms with Gasteiger partial charge in [0, 0.05) is 41.3 Å². The number of nitrogens with one attached hydrogen (secondary N) is 3. The molecule has 10 heteroatoms. The number of aromatic amines is 1. The lowest BCUT2D eigenvalue weighted by atomic mass is 10.1. The molecular formula is C16H13ClF3N5O. The monoisotopic (exact) mass is 383 g/mol. The zero-order chi connectivity index (χ0) is 18.7. The van der Waals surface area contributed by atoms with E-state index in [2.05, 4.69) is 20.3 Å². The van der Waals surface area contributed by atoms with Gasteiger partial charge >= 0.3 is 6.18 Å². The van der Waals surface area contributed by atoms with Gasteiger partial charge in [-0.3, -0.25) is 9.78 Å². The molecule has 6 nitrogen and oxygen atoms in total. The fraction of sp³-hybridized carbons (Fsp3) is 0.188. The van der Waals surface area contributed by atoms with Crippen molar-refractivity contribution in [2.24, 2.45) is 0 Å². The quantitative estimate of drug-likeness (QED) is 0.631. The molecule has 3 aromatic heterocycles. The number of carbonyl (C=O) groups excluding carboxylic acids is 1. The number of amides is 1. The van der Waals surface area contributed by atoms with E-state index in [1.54, 1.807) is 29.8 Å². The molecule has 0 spiro atoms. The van der Waals surface area contributed by atoms with Crippen molar-refractivity contribution >= 4 is 34.2 Å². The number of rotatable bonds is 5. The lowest BCUT2D eigenvalue weighted by molar-refractivity contribution is -0.137. The molecule has 3 N–H and O–H groups in total. The molecule has 0 saturated carbocycles. The molecule has 3 heterocycles. The normalized spacial score (nSPS) is 11.5. The highest BCUT2D eigenvalue weighted by Gasteiger charge is 2.27. The standard InChI is InChI=1S/C16H13ClF3N5O/c17-10-2-12-13(6-24-15(12)23-4-10)9-1-11(5-21-3-9)22-7-14(26)25-8-16(18,19)20/h1-6,22H,7-8H2,(H,23,24)(H,25,26). The van der Waals surface area contributed by atoms with Crippen molar-refractivity contribution in [3.63, 3.8) is 0 Å². The molecule has 0 aliphatic rings. The number of alkyl halides is 3. The molecule has 0 aliphatic heterocycles. The van der Waals surface area contributed by atoms with Crippen molar-refractivity contribution in [1.29, 1.82) is 0 Å². The highest BCUT2D eigenvalue weighted by molar-refractivity contribution is 6.31. The van der Waals surface area contributed by atoms with Gasteiger partial charge in [-0.2, -0.15) is 13.2 Å². The van der Waals surface area contributed by atoms with E-state index < -0.39 is 18.6 Å². The van der Waals surface area contributed by atoms with Crippen molar-refractivity contribution in [1.82, 2.24) is 20.3 Å². The summed E-state index contributed by atoms with van der Waals surface area (Å²) in [5, 5.41) is 5.83. The fourth-order valence-electron chi connectivity index (χ4n) is 2.34. The molecule has 0 unspecified atom stereocenters. The second-order valence-electron chi connectivity index (χ2n) is 5.46. The summed E-state index contributed by atoms with van der Waals surface area (Å²) in [6.07, 6.45) is 1.94. The summed E-state index contributed by atoms with van der Waals surface area (Å²) < 4.78 is 36.2. The lowest BCUT2D eigenvalue weighted by Gasteiger charge is -2.10. The molecule has 3 aromatic rings. The number of nitrogens with zero attached hydrogens (tertiary/aromatic N) is 2. The molecule has 1 amide bonds. The van der Waals surface area contributed by atoms with Crippen molar-refractivity contribution in [2.75, 3.05) is 18.4 Å². The van der Waals surface area contributed by atoms with Crippen LogP contribution in [0.3, 0.4) is 0 Å². The van der Waals surface area contributed by atoms with Crippen LogP contribution in [-0.2, 0) is 4.79 Å². The van der Waals surface area contributed by atoms with Crippen LogP contribution < -0.4 is 10.6 Å². The van der Waals surface area contributed by atoms with Gasteiger partial charge in [-0.15, -0.1) is 0 Å². The third kappa shape index (κ3) is 4.42. The van der Waals surface area contributed by atoms with Gasteiger partial charge in [0.25, 0.3) is 0 Å². The third-order valence-corrected chi connectivity index (χ3v) is 3.69. The SMILES string of the molecule is O=C(CNc1cncc(-c2c[nH]c3ncc(Cl)cc23)c1)NCC(F)(F)F. The number of hydrogen-bond donors (Lipinski definition) is 3. The number of fused-ring (bicyclic) bond motifs is 1. The Morgan fingerprint density at radius 2 is 2.04 bits per heavy atom. The molecule has 0 bridgehead atoms. The Labute approximate surface area is 150 Å². The third-order valence-electron chi connectivity index (χ3n) is 3.49. The van der Waals surface area contributed by atoms with Gasteiger partial charge in [0.1, 0.15) is 12.2 Å². The number of anilines is 1. The van der Waals surface area contributed by atoms with Crippen molar-refractivity contribution in [3.8, 4) is 11.1 Å². The summed E-state index contributed by atoms with van der Waals surface area (Å²) in [4.78, 5) is 22.8. The average molecular weight is 384 g/mol. The molecule has 26 heavy (non-hydrogen) atoms. The van der Waals surface area contributed by atoms with Gasteiger partial charge in [0.2, 0.25) is 5.91 Å². The van der Waals surface area contributed by atoms with E-state index in [-0.39, 0.29) is 6.54 Å². The van der Waals surface area contributed by atoms with Crippen LogP contribution in [0.25, 0.3) is 22.2 Å². The highest BCUT2D eigenvalue weighted by Crippen LogP contribution is 2.30. The van der Waals surface area contributed by atoms with Crippen molar-refractivity contribution in [3.05, 3.63) is 41.9 Å². The molecule has 0 aliphatic carbocycles. The molecule has 0 fully saturated rings. The fourth-order valence-corrected chi connectivity index (χ4v) is 2.50. The maximum Gasteiger partial charge on any atom is 0.405 e. The Bertz CT molecular complexity index is 941. The van der Waals surface area contributed by atoms with Gasteiger partial charge in [-0.05, 0) is 12.1 Å². The summed E-state index contributed by atoms with van der Waals surface area (Å²) in [7, 11) is 0. The Morgan fingerprint density at radius 1 is 1.23 bits per heavy atom. The number of carbonyl (C=O) groups is 1. The van der Waals surface area contributed by atoms with E-state index in [0.717, 1.165) is 16.5 Å². The molecule has 136 valence electrons. The summed E-state index contributed by atoms with van der Waals surface area (Å²) in [5.41, 5.74) is 2.71. The van der Waals surface area contributed by atoms with Gasteiger partial charge in [0.05, 0.1) is 17.3 Å². The summed E-state index contributed by atoms with van der Waals surface area (Å²) >= 11 is 5.98. The predicted molar refractivity (Wildman–Crippen MR) is 91.9 cm³/mol. The van der Waals surface area contributed by atoms with Gasteiger partial charge < -0.3 is 15.6 Å². The van der Waals surface area contributed by atoms with Gasteiger partial charge in [-0.25, -0.2) is 4.98 Å².